The van der Waals surface area contributed by atoms with Crippen molar-refractivity contribution >= 4 is 21.5 Å². The first-order valence-corrected chi connectivity index (χ1v) is 7.15. The molecule has 0 radical (unpaired) electrons. The molecule has 0 heterocycles. The molecule has 0 bridgehead atoms. The molecule has 0 amide bonds. The third kappa shape index (κ3) is 4.49. The van der Waals surface area contributed by atoms with Crippen LogP contribution in [0.4, 0.5) is 10.1 Å². The molecule has 0 aliphatic carbocycles. The molecule has 4 N–H and O–H groups in total. The summed E-state index contributed by atoms with van der Waals surface area (Å²) in [5.74, 6) is -1.44. The Labute approximate surface area is 111 Å². The van der Waals surface area contributed by atoms with Gasteiger partial charge in [-0.1, -0.05) is 6.07 Å². The molecule has 8 heteroatoms. The van der Waals surface area contributed by atoms with Gasteiger partial charge in [-0.15, -0.1) is 0 Å². The molecule has 0 saturated carbocycles. The van der Waals surface area contributed by atoms with Crippen LogP contribution in [0.1, 0.15) is 12.0 Å². The van der Waals surface area contributed by atoms with Crippen LogP contribution in [0.2, 0.25) is 0 Å². The van der Waals surface area contributed by atoms with Crippen molar-refractivity contribution < 1.29 is 17.5 Å². The number of hydrogen-bond acceptors (Lipinski definition) is 4. The molecule has 6 nitrogen and oxygen atoms in total. The van der Waals surface area contributed by atoms with E-state index in [1.54, 1.807) is 0 Å². The van der Waals surface area contributed by atoms with Gasteiger partial charge in [0, 0.05) is 13.7 Å². The molecule has 0 unspecified atom stereocenters. The number of benzene rings is 1. The van der Waals surface area contributed by atoms with Crippen molar-refractivity contribution in [2.45, 2.75) is 6.42 Å². The number of ether oxygens (including phenoxy) is 1. The van der Waals surface area contributed by atoms with Gasteiger partial charge in [-0.25, -0.2) is 12.8 Å². The zero-order valence-electron chi connectivity index (χ0n) is 10.4. The second-order valence-corrected chi connectivity index (χ2v) is 5.69. The van der Waals surface area contributed by atoms with Gasteiger partial charge < -0.3 is 10.5 Å². The largest absolute Gasteiger partial charge is 0.385 e. The fourth-order valence-corrected chi connectivity index (χ4v) is 2.60. The van der Waals surface area contributed by atoms with Gasteiger partial charge in [0.25, 0.3) is 0 Å². The predicted octanol–water partition coefficient (Wildman–Crippen LogP) is 0.888. The van der Waals surface area contributed by atoms with E-state index in [1.165, 1.54) is 19.2 Å². The van der Waals surface area contributed by atoms with Gasteiger partial charge in [0.1, 0.15) is 11.7 Å². The van der Waals surface area contributed by atoms with Crippen LogP contribution < -0.4 is 10.5 Å². The second kappa shape index (κ2) is 6.48. The highest BCUT2D eigenvalue weighted by Crippen LogP contribution is 2.19. The number of methoxy groups -OCH3 is 1. The molecule has 1 aromatic rings. The summed E-state index contributed by atoms with van der Waals surface area (Å²) in [5.41, 5.74) is 4.96. The number of halogens is 1. The van der Waals surface area contributed by atoms with Crippen LogP contribution in [0.15, 0.2) is 18.2 Å². The zero-order valence-corrected chi connectivity index (χ0v) is 11.3. The first-order valence-electron chi connectivity index (χ1n) is 5.49. The average molecular weight is 289 g/mol. The lowest BCUT2D eigenvalue weighted by molar-refractivity contribution is 0.199. The van der Waals surface area contributed by atoms with Crippen LogP contribution in [0, 0.1) is 11.2 Å². The maximum Gasteiger partial charge on any atom is 0.232 e. The SMILES string of the molecule is COCCCS(=O)(=O)Nc1cccc(F)c1C(=N)N. The summed E-state index contributed by atoms with van der Waals surface area (Å²) < 4.78 is 44.0. The van der Waals surface area contributed by atoms with Crippen LogP contribution in [0.5, 0.6) is 0 Å². The third-order valence-electron chi connectivity index (χ3n) is 2.31. The van der Waals surface area contributed by atoms with Crippen molar-refractivity contribution in [2.75, 3.05) is 24.2 Å². The number of nitrogens with two attached hydrogens (primary N) is 1. The Morgan fingerprint density at radius 3 is 2.79 bits per heavy atom. The average Bonchev–Trinajstić information content (AvgIpc) is 2.27. The van der Waals surface area contributed by atoms with Crippen LogP contribution in [0.25, 0.3) is 0 Å². The van der Waals surface area contributed by atoms with E-state index in [4.69, 9.17) is 15.9 Å². The number of hydrogen-bond donors (Lipinski definition) is 3. The fourth-order valence-electron chi connectivity index (χ4n) is 1.49. The van der Waals surface area contributed by atoms with Crippen molar-refractivity contribution in [1.29, 1.82) is 5.41 Å². The highest BCUT2D eigenvalue weighted by Gasteiger charge is 2.16. The standard InChI is InChI=1S/C11H16FN3O3S/c1-18-6-3-7-19(16,17)15-9-5-2-4-8(12)10(9)11(13)14/h2,4-5,15H,3,6-7H2,1H3,(H3,13,14). The summed E-state index contributed by atoms with van der Waals surface area (Å²) in [5, 5.41) is 7.28. The molecular weight excluding hydrogens is 273 g/mol. The summed E-state index contributed by atoms with van der Waals surface area (Å²) in [6.07, 6.45) is 0.316. The van der Waals surface area contributed by atoms with Gasteiger partial charge >= 0.3 is 0 Å². The minimum absolute atomic E-state index is 0.0371. The smallest absolute Gasteiger partial charge is 0.232 e. The summed E-state index contributed by atoms with van der Waals surface area (Å²) in [4.78, 5) is 0. The lowest BCUT2D eigenvalue weighted by Crippen LogP contribution is -2.22. The van der Waals surface area contributed by atoms with E-state index in [0.717, 1.165) is 6.07 Å². The highest BCUT2D eigenvalue weighted by molar-refractivity contribution is 7.92. The highest BCUT2D eigenvalue weighted by atomic mass is 32.2. The number of nitrogen functional groups attached to an aromatic ring is 1. The first-order chi connectivity index (χ1) is 8.87. The lowest BCUT2D eigenvalue weighted by Gasteiger charge is -2.12. The Morgan fingerprint density at radius 2 is 2.21 bits per heavy atom. The topological polar surface area (TPSA) is 105 Å². The monoisotopic (exact) mass is 289 g/mol. The third-order valence-corrected chi connectivity index (χ3v) is 3.67. The molecule has 1 aromatic carbocycles. The second-order valence-electron chi connectivity index (χ2n) is 3.84. The van der Waals surface area contributed by atoms with Crippen LogP contribution >= 0.6 is 0 Å². The van der Waals surface area contributed by atoms with E-state index in [0.29, 0.717) is 13.0 Å². The number of anilines is 1. The van der Waals surface area contributed by atoms with Crippen LogP contribution in [-0.4, -0.2) is 33.7 Å². The summed E-state index contributed by atoms with van der Waals surface area (Å²) in [7, 11) is -2.16. The Balaban J connectivity index is 2.93. The van der Waals surface area contributed by atoms with Crippen molar-refractivity contribution in [3.8, 4) is 0 Å². The van der Waals surface area contributed by atoms with E-state index in [9.17, 15) is 12.8 Å². The molecular formula is C11H16FN3O3S. The van der Waals surface area contributed by atoms with Crippen LogP contribution in [0.3, 0.4) is 0 Å². The molecule has 19 heavy (non-hydrogen) atoms. The molecule has 106 valence electrons. The summed E-state index contributed by atoms with van der Waals surface area (Å²) in [6.45, 7) is 0.309. The summed E-state index contributed by atoms with van der Waals surface area (Å²) in [6, 6.07) is 3.81. The first kappa shape index (κ1) is 15.4. The Kier molecular flexibility index (Phi) is 5.25. The number of amidine groups is 1. The molecule has 0 atom stereocenters. The van der Waals surface area contributed by atoms with E-state index in [2.05, 4.69) is 4.72 Å². The Hall–Kier alpha value is -1.67. The molecule has 0 aliphatic heterocycles. The van der Waals surface area contributed by atoms with E-state index in [1.807, 2.05) is 0 Å². The van der Waals surface area contributed by atoms with E-state index >= 15 is 0 Å². The minimum Gasteiger partial charge on any atom is -0.385 e. The molecule has 0 aliphatic rings. The van der Waals surface area contributed by atoms with Gasteiger partial charge in [-0.05, 0) is 18.6 Å². The van der Waals surface area contributed by atoms with Crippen molar-refractivity contribution in [2.24, 2.45) is 5.73 Å². The molecule has 0 fully saturated rings. The van der Waals surface area contributed by atoms with E-state index < -0.39 is 21.7 Å². The van der Waals surface area contributed by atoms with Gasteiger partial charge in [-0.2, -0.15) is 0 Å². The lowest BCUT2D eigenvalue weighted by atomic mass is 10.1. The fraction of sp³-hybridized carbons (Fsp3) is 0.364. The van der Waals surface area contributed by atoms with Crippen molar-refractivity contribution in [3.63, 3.8) is 0 Å². The van der Waals surface area contributed by atoms with Gasteiger partial charge in [0.2, 0.25) is 10.0 Å². The maximum atomic E-state index is 13.5. The van der Waals surface area contributed by atoms with Gasteiger partial charge in [0.05, 0.1) is 17.0 Å². The van der Waals surface area contributed by atoms with Crippen molar-refractivity contribution in [1.82, 2.24) is 0 Å². The van der Waals surface area contributed by atoms with E-state index in [-0.39, 0.29) is 17.0 Å². The number of rotatable bonds is 7. The zero-order chi connectivity index (χ0) is 14.5. The maximum absolute atomic E-state index is 13.5. The predicted molar refractivity (Wildman–Crippen MR) is 71.3 cm³/mol. The van der Waals surface area contributed by atoms with Crippen molar-refractivity contribution in [3.05, 3.63) is 29.6 Å². The molecule has 0 spiro atoms. The minimum atomic E-state index is -3.63. The van der Waals surface area contributed by atoms with Gasteiger partial charge in [0.15, 0.2) is 0 Å². The number of sulfonamides is 1. The molecule has 0 aromatic heterocycles. The quantitative estimate of drug-likeness (QED) is 0.394. The number of nitrogens with one attached hydrogen (secondary N) is 2. The Bertz CT molecular complexity index is 560. The Morgan fingerprint density at radius 1 is 1.53 bits per heavy atom. The molecule has 0 saturated heterocycles. The normalized spacial score (nSPS) is 11.3. The van der Waals surface area contributed by atoms with Gasteiger partial charge in [-0.3, -0.25) is 10.1 Å². The van der Waals surface area contributed by atoms with Crippen LogP contribution in [-0.2, 0) is 14.8 Å². The summed E-state index contributed by atoms with van der Waals surface area (Å²) >= 11 is 0. The molecule has 1 rings (SSSR count).